The van der Waals surface area contributed by atoms with Gasteiger partial charge in [0.2, 0.25) is 0 Å². The lowest BCUT2D eigenvalue weighted by Gasteiger charge is -2.32. The topological polar surface area (TPSA) is 15.7 Å². The Morgan fingerprint density at radius 1 is 0.615 bits per heavy atom. The third kappa shape index (κ3) is 6.97. The molecule has 0 unspecified atom stereocenters. The van der Waals surface area contributed by atoms with Gasteiger partial charge in [0.1, 0.15) is 28.9 Å². The normalized spacial score (nSPS) is 14.8. The van der Waals surface area contributed by atoms with Crippen molar-refractivity contribution in [3.63, 3.8) is 0 Å². The van der Waals surface area contributed by atoms with Gasteiger partial charge < -0.3 is 14.5 Å². The fourth-order valence-corrected chi connectivity index (χ4v) is 10.1. The molecule has 1 aliphatic rings. The molecule has 0 bridgehead atoms. The molecule has 39 heavy (non-hydrogen) atoms. The molecule has 0 spiro atoms. The average Bonchev–Trinajstić information content (AvgIpc) is 3.00. The van der Waals surface area contributed by atoms with Crippen LogP contribution in [0, 0.1) is 0 Å². The van der Waals surface area contributed by atoms with Crippen LogP contribution in [0.1, 0.15) is 18.4 Å². The molecule has 1 aliphatic heterocycles. The fourth-order valence-electron chi connectivity index (χ4n) is 5.78. The number of benzene rings is 4. The van der Waals surface area contributed by atoms with Gasteiger partial charge in [-0.2, -0.15) is 0 Å². The maximum absolute atomic E-state index is 6.49. The van der Waals surface area contributed by atoms with E-state index < -0.39 is 7.26 Å². The van der Waals surface area contributed by atoms with Crippen LogP contribution < -0.4 is 20.7 Å². The smallest absolute Gasteiger partial charge is 0.122 e. The Morgan fingerprint density at radius 2 is 1.13 bits per heavy atom. The largest absolute Gasteiger partial charge is 0.493 e. The Labute approximate surface area is 235 Å². The van der Waals surface area contributed by atoms with Gasteiger partial charge in [-0.15, -0.1) is 0 Å². The first-order chi connectivity index (χ1) is 19.3. The maximum atomic E-state index is 6.49. The highest BCUT2D eigenvalue weighted by molar-refractivity contribution is 7.95. The van der Waals surface area contributed by atoms with Crippen LogP contribution in [0.25, 0.3) is 0 Å². The SMILES string of the molecule is CN1CCN(CCCc2ccccc2OCCC[P+](c2ccccc2)(c2ccccc2)c2ccccc2)CC1. The van der Waals surface area contributed by atoms with Crippen molar-refractivity contribution in [2.75, 3.05) is 52.5 Å². The summed E-state index contributed by atoms with van der Waals surface area (Å²) in [4.78, 5) is 5.02. The van der Waals surface area contributed by atoms with Gasteiger partial charge in [-0.05, 0) is 74.5 Å². The molecule has 0 aliphatic carbocycles. The summed E-state index contributed by atoms with van der Waals surface area (Å²) in [6.07, 6.45) is 4.32. The molecule has 202 valence electrons. The Balaban J connectivity index is 1.28. The van der Waals surface area contributed by atoms with Crippen LogP contribution >= 0.6 is 7.26 Å². The molecule has 0 N–H and O–H groups in total. The highest BCUT2D eigenvalue weighted by Gasteiger charge is 2.44. The predicted molar refractivity (Wildman–Crippen MR) is 169 cm³/mol. The van der Waals surface area contributed by atoms with Crippen LogP contribution in [-0.2, 0) is 6.42 Å². The summed E-state index contributed by atoms with van der Waals surface area (Å²) in [6.45, 7) is 6.62. The first-order valence-corrected chi connectivity index (χ1v) is 16.4. The van der Waals surface area contributed by atoms with Crippen molar-refractivity contribution >= 4 is 23.2 Å². The molecule has 1 fully saturated rings. The molecule has 0 saturated carbocycles. The zero-order valence-corrected chi connectivity index (χ0v) is 24.2. The van der Waals surface area contributed by atoms with Crippen LogP contribution in [-0.4, -0.2) is 62.3 Å². The van der Waals surface area contributed by atoms with Crippen molar-refractivity contribution < 1.29 is 4.74 Å². The Bertz CT molecular complexity index is 1160. The summed E-state index contributed by atoms with van der Waals surface area (Å²) >= 11 is 0. The van der Waals surface area contributed by atoms with Gasteiger partial charge >= 0.3 is 0 Å². The lowest BCUT2D eigenvalue weighted by Crippen LogP contribution is -2.44. The van der Waals surface area contributed by atoms with Crippen LogP contribution in [0.3, 0.4) is 0 Å². The van der Waals surface area contributed by atoms with E-state index in [1.54, 1.807) is 0 Å². The zero-order valence-electron chi connectivity index (χ0n) is 23.3. The van der Waals surface area contributed by atoms with Gasteiger partial charge in [0.05, 0.1) is 12.8 Å². The molecule has 4 aromatic rings. The highest BCUT2D eigenvalue weighted by atomic mass is 31.2. The van der Waals surface area contributed by atoms with E-state index in [9.17, 15) is 0 Å². The molecular formula is C35H42N2OP+. The molecule has 0 radical (unpaired) electrons. The predicted octanol–water partition coefficient (Wildman–Crippen LogP) is 5.63. The van der Waals surface area contributed by atoms with Crippen LogP contribution in [0.2, 0.25) is 0 Å². The van der Waals surface area contributed by atoms with Crippen molar-refractivity contribution in [1.82, 2.24) is 9.80 Å². The van der Waals surface area contributed by atoms with Crippen molar-refractivity contribution in [3.8, 4) is 5.75 Å². The van der Waals surface area contributed by atoms with Gasteiger partial charge in [0, 0.05) is 32.6 Å². The quantitative estimate of drug-likeness (QED) is 0.172. The summed E-state index contributed by atoms with van der Waals surface area (Å²) in [7, 11) is 0.406. The lowest BCUT2D eigenvalue weighted by molar-refractivity contribution is 0.153. The molecule has 1 heterocycles. The molecule has 3 nitrogen and oxygen atoms in total. The van der Waals surface area contributed by atoms with Crippen molar-refractivity contribution in [3.05, 3.63) is 121 Å². The number of nitrogens with zero attached hydrogens (tertiary/aromatic N) is 2. The number of hydrogen-bond acceptors (Lipinski definition) is 3. The van der Waals surface area contributed by atoms with Crippen molar-refractivity contribution in [2.45, 2.75) is 19.3 Å². The van der Waals surface area contributed by atoms with Crippen molar-refractivity contribution in [1.29, 1.82) is 0 Å². The Morgan fingerprint density at radius 3 is 1.69 bits per heavy atom. The van der Waals surface area contributed by atoms with E-state index in [2.05, 4.69) is 132 Å². The molecule has 5 rings (SSSR count). The van der Waals surface area contributed by atoms with Gasteiger partial charge in [0.15, 0.2) is 0 Å². The number of para-hydroxylation sites is 1. The van der Waals surface area contributed by atoms with E-state index in [1.165, 1.54) is 60.6 Å². The van der Waals surface area contributed by atoms with E-state index in [0.717, 1.165) is 31.4 Å². The fraction of sp³-hybridized carbons (Fsp3) is 0.314. The van der Waals surface area contributed by atoms with E-state index in [1.807, 2.05) is 0 Å². The van der Waals surface area contributed by atoms with Gasteiger partial charge in [-0.1, -0.05) is 72.8 Å². The number of hydrogen-bond donors (Lipinski definition) is 0. The second-order valence-electron chi connectivity index (χ2n) is 10.6. The molecule has 4 aromatic carbocycles. The summed E-state index contributed by atoms with van der Waals surface area (Å²) < 4.78 is 6.49. The van der Waals surface area contributed by atoms with Gasteiger partial charge in [-0.25, -0.2) is 0 Å². The molecule has 1 saturated heterocycles. The van der Waals surface area contributed by atoms with Gasteiger partial charge in [0.25, 0.3) is 0 Å². The summed E-state index contributed by atoms with van der Waals surface area (Å²) in [5, 5.41) is 4.31. The monoisotopic (exact) mass is 537 g/mol. The third-order valence-corrected chi connectivity index (χ3v) is 12.5. The van der Waals surface area contributed by atoms with E-state index >= 15 is 0 Å². The molecule has 0 aromatic heterocycles. The number of likely N-dealkylation sites (N-methyl/N-ethyl adjacent to an activating group) is 1. The molecular weight excluding hydrogens is 495 g/mol. The molecule has 0 atom stereocenters. The van der Waals surface area contributed by atoms with E-state index in [4.69, 9.17) is 4.74 Å². The van der Waals surface area contributed by atoms with Gasteiger partial charge in [-0.3, -0.25) is 0 Å². The zero-order chi connectivity index (χ0) is 26.8. The standard InChI is InChI=1S/C35H42N2OP/c1-36-25-27-37(28-26-36)24-13-16-31-15-11-12-23-35(31)38-29-14-30-39(32-17-5-2-6-18-32,33-19-7-3-8-20-33)34-21-9-4-10-22-34/h2-12,15,17-23H,13-14,16,24-30H2,1H3/q+1. The van der Waals surface area contributed by atoms with Crippen LogP contribution in [0.5, 0.6) is 5.75 Å². The van der Waals surface area contributed by atoms with Crippen molar-refractivity contribution in [2.24, 2.45) is 0 Å². The number of piperazine rings is 1. The first-order valence-electron chi connectivity index (χ1n) is 14.4. The lowest BCUT2D eigenvalue weighted by atomic mass is 10.1. The third-order valence-electron chi connectivity index (χ3n) is 7.98. The molecule has 4 heteroatoms. The minimum atomic E-state index is -1.81. The number of ether oxygens (including phenoxy) is 1. The minimum absolute atomic E-state index is 0.726. The second-order valence-corrected chi connectivity index (χ2v) is 14.2. The highest BCUT2D eigenvalue weighted by Crippen LogP contribution is 2.55. The number of aryl methyl sites for hydroxylation is 1. The van der Waals surface area contributed by atoms with Crippen LogP contribution in [0.4, 0.5) is 0 Å². The first kappa shape index (κ1) is 27.6. The maximum Gasteiger partial charge on any atom is 0.122 e. The van der Waals surface area contributed by atoms with E-state index in [-0.39, 0.29) is 0 Å². The number of rotatable bonds is 12. The Kier molecular flexibility index (Phi) is 9.83. The van der Waals surface area contributed by atoms with Crippen LogP contribution in [0.15, 0.2) is 115 Å². The second kappa shape index (κ2) is 13.9. The summed E-state index contributed by atoms with van der Waals surface area (Å²) in [5.41, 5.74) is 1.34. The summed E-state index contributed by atoms with van der Waals surface area (Å²) in [6, 6.07) is 42.1. The summed E-state index contributed by atoms with van der Waals surface area (Å²) in [5.74, 6) is 1.05. The minimum Gasteiger partial charge on any atom is -0.493 e. The molecule has 0 amide bonds. The van der Waals surface area contributed by atoms with E-state index in [0.29, 0.717) is 0 Å². The average molecular weight is 538 g/mol. The Hall–Kier alpha value is -2.97.